The number of pyridine rings is 1. The lowest BCUT2D eigenvalue weighted by atomic mass is 9.58. The largest absolute Gasteiger partial charge is 0.495 e. The molecule has 8 nitrogen and oxygen atoms in total. The van der Waals surface area contributed by atoms with Crippen LogP contribution in [0.15, 0.2) is 65.4 Å². The van der Waals surface area contributed by atoms with Gasteiger partial charge in [-0.15, -0.1) is 0 Å². The van der Waals surface area contributed by atoms with Gasteiger partial charge in [-0.1, -0.05) is 71.4 Å². The third-order valence-corrected chi connectivity index (χ3v) is 9.41. The Balaban J connectivity index is 1.64. The van der Waals surface area contributed by atoms with Gasteiger partial charge < -0.3 is 29.3 Å². The lowest BCUT2D eigenvalue weighted by Crippen LogP contribution is -2.63. The van der Waals surface area contributed by atoms with Crippen molar-refractivity contribution in [2.45, 2.75) is 36.6 Å². The number of allylic oxidation sites excluding steroid dienone is 3. The fourth-order valence-corrected chi connectivity index (χ4v) is 7.39. The summed E-state index contributed by atoms with van der Waals surface area (Å²) in [5, 5.41) is 25.2. The van der Waals surface area contributed by atoms with E-state index in [0.29, 0.717) is 49.8 Å². The fourth-order valence-electron chi connectivity index (χ4n) is 7.10. The standard InChI is InChI=1S/C29H31BrN2O6/c1-27(10-8-19(30)9-11-27)29-23(18-6-4-3-5-7-18)22(26(34)32-12-14-37-15-13-32)25(33)28(29,35)24-20(36-2)16-31-17-21(24)38-29/h3-10,16-17,22-23,25,33,35H,11-15H2,1-2H3/t22-,23-,25-,27?,28+,29-/m1/s1. The van der Waals surface area contributed by atoms with Crippen LogP contribution in [0.5, 0.6) is 11.5 Å². The smallest absolute Gasteiger partial charge is 0.229 e. The Morgan fingerprint density at radius 1 is 1.21 bits per heavy atom. The van der Waals surface area contributed by atoms with Gasteiger partial charge in [-0.3, -0.25) is 9.78 Å². The van der Waals surface area contributed by atoms with Crippen molar-refractivity contribution in [3.05, 3.63) is 76.6 Å². The highest BCUT2D eigenvalue weighted by Crippen LogP contribution is 2.72. The minimum absolute atomic E-state index is 0.227. The maximum atomic E-state index is 14.3. The summed E-state index contributed by atoms with van der Waals surface area (Å²) in [7, 11) is 1.50. The Morgan fingerprint density at radius 3 is 2.61 bits per heavy atom. The number of nitrogens with zero attached hydrogens (tertiary/aromatic N) is 2. The predicted molar refractivity (Wildman–Crippen MR) is 143 cm³/mol. The maximum absolute atomic E-state index is 14.3. The number of aliphatic hydroxyl groups excluding tert-OH is 1. The molecule has 2 aliphatic carbocycles. The lowest BCUT2D eigenvalue weighted by molar-refractivity contribution is -0.185. The van der Waals surface area contributed by atoms with Gasteiger partial charge in [-0.2, -0.15) is 0 Å². The van der Waals surface area contributed by atoms with E-state index in [-0.39, 0.29) is 5.91 Å². The molecule has 0 spiro atoms. The first-order chi connectivity index (χ1) is 18.3. The molecule has 2 aromatic rings. The SMILES string of the molecule is COc1cncc2c1[C@]1(O)[C@H](O)[C@H](C(=O)N3CCOCC3)[C@@H](c3ccccc3)[C@]1(C1(C)C=CC(Br)=CC1)O2. The van der Waals surface area contributed by atoms with Crippen LogP contribution >= 0.6 is 15.9 Å². The van der Waals surface area contributed by atoms with E-state index in [2.05, 4.69) is 20.9 Å². The van der Waals surface area contributed by atoms with Crippen LogP contribution in [0, 0.1) is 11.3 Å². The monoisotopic (exact) mass is 582 g/mol. The second-order valence-corrected chi connectivity index (χ2v) is 11.6. The van der Waals surface area contributed by atoms with Gasteiger partial charge in [0.1, 0.15) is 17.6 Å². The van der Waals surface area contributed by atoms with E-state index in [1.165, 1.54) is 13.3 Å². The van der Waals surface area contributed by atoms with Gasteiger partial charge >= 0.3 is 0 Å². The number of aromatic nitrogens is 1. The summed E-state index contributed by atoms with van der Waals surface area (Å²) in [4.78, 5) is 20.3. The van der Waals surface area contributed by atoms with E-state index >= 15 is 0 Å². The number of fused-ring (bicyclic) bond motifs is 3. The minimum atomic E-state index is -1.99. The Hall–Kier alpha value is -2.72. The van der Waals surface area contributed by atoms with Crippen molar-refractivity contribution >= 4 is 21.8 Å². The first-order valence-electron chi connectivity index (χ1n) is 12.9. The number of carbonyl (C=O) groups excluding carboxylic acids is 1. The number of ether oxygens (including phenoxy) is 3. The normalized spacial score (nSPS) is 35.8. The topological polar surface area (TPSA) is 101 Å². The zero-order chi connectivity index (χ0) is 26.7. The molecule has 9 heteroatoms. The van der Waals surface area contributed by atoms with Crippen molar-refractivity contribution in [2.75, 3.05) is 33.4 Å². The Morgan fingerprint density at radius 2 is 1.95 bits per heavy atom. The van der Waals surface area contributed by atoms with E-state index in [0.717, 1.165) is 10.0 Å². The molecule has 0 bridgehead atoms. The number of halogens is 1. The fraction of sp³-hybridized carbons (Fsp3) is 0.448. The second-order valence-electron chi connectivity index (χ2n) is 10.7. The summed E-state index contributed by atoms with van der Waals surface area (Å²) in [6.45, 7) is 3.72. The molecule has 1 unspecified atom stereocenters. The number of hydrogen-bond donors (Lipinski definition) is 2. The third kappa shape index (κ3) is 3.31. The first kappa shape index (κ1) is 25.6. The van der Waals surface area contributed by atoms with Crippen LogP contribution in [-0.2, 0) is 15.1 Å². The molecular weight excluding hydrogens is 552 g/mol. The Bertz CT molecular complexity index is 1310. The molecule has 2 aliphatic heterocycles. The summed E-state index contributed by atoms with van der Waals surface area (Å²) in [5.74, 6) is -1.26. The number of amides is 1. The highest BCUT2D eigenvalue weighted by atomic mass is 79.9. The predicted octanol–water partition coefficient (Wildman–Crippen LogP) is 3.29. The molecule has 200 valence electrons. The van der Waals surface area contributed by atoms with Gasteiger partial charge in [0.25, 0.3) is 0 Å². The number of carbonyl (C=O) groups is 1. The van der Waals surface area contributed by atoms with E-state index < -0.39 is 34.6 Å². The van der Waals surface area contributed by atoms with Crippen LogP contribution in [0.4, 0.5) is 0 Å². The van der Waals surface area contributed by atoms with E-state index in [9.17, 15) is 15.0 Å². The van der Waals surface area contributed by atoms with Gasteiger partial charge in [0.2, 0.25) is 5.91 Å². The number of morpholine rings is 1. The summed E-state index contributed by atoms with van der Waals surface area (Å²) >= 11 is 3.56. The minimum Gasteiger partial charge on any atom is -0.495 e. The molecule has 3 heterocycles. The van der Waals surface area contributed by atoms with Crippen molar-refractivity contribution in [1.29, 1.82) is 0 Å². The van der Waals surface area contributed by atoms with Crippen LogP contribution in [-0.4, -0.2) is 71.1 Å². The van der Waals surface area contributed by atoms with Crippen molar-refractivity contribution in [3.63, 3.8) is 0 Å². The van der Waals surface area contributed by atoms with E-state index in [4.69, 9.17) is 14.2 Å². The Labute approximate surface area is 230 Å². The molecule has 0 radical (unpaired) electrons. The van der Waals surface area contributed by atoms with E-state index in [1.54, 1.807) is 11.1 Å². The van der Waals surface area contributed by atoms with Gasteiger partial charge in [0, 0.05) is 28.9 Å². The van der Waals surface area contributed by atoms with Gasteiger partial charge in [0.15, 0.2) is 11.2 Å². The van der Waals surface area contributed by atoms with Crippen LogP contribution in [0.1, 0.15) is 30.4 Å². The lowest BCUT2D eigenvalue weighted by Gasteiger charge is -2.51. The molecule has 2 fully saturated rings. The number of hydrogen-bond acceptors (Lipinski definition) is 7. The van der Waals surface area contributed by atoms with Crippen molar-refractivity contribution in [1.82, 2.24) is 9.88 Å². The molecule has 1 aromatic heterocycles. The van der Waals surface area contributed by atoms with Crippen LogP contribution < -0.4 is 9.47 Å². The molecular formula is C29H31BrN2O6. The quantitative estimate of drug-likeness (QED) is 0.570. The van der Waals surface area contributed by atoms with Crippen LogP contribution in [0.3, 0.4) is 0 Å². The van der Waals surface area contributed by atoms with Gasteiger partial charge in [-0.05, 0) is 12.0 Å². The van der Waals surface area contributed by atoms with Crippen molar-refractivity contribution < 1.29 is 29.2 Å². The average Bonchev–Trinajstić information content (AvgIpc) is 3.34. The summed E-state index contributed by atoms with van der Waals surface area (Å²) < 4.78 is 19.0. The molecule has 1 saturated carbocycles. The summed E-state index contributed by atoms with van der Waals surface area (Å²) in [6, 6.07) is 9.60. The van der Waals surface area contributed by atoms with E-state index in [1.807, 2.05) is 55.5 Å². The molecule has 38 heavy (non-hydrogen) atoms. The zero-order valence-corrected chi connectivity index (χ0v) is 22.9. The average molecular weight is 583 g/mol. The van der Waals surface area contributed by atoms with Gasteiger partial charge in [-0.25, -0.2) is 0 Å². The maximum Gasteiger partial charge on any atom is 0.229 e. The van der Waals surface area contributed by atoms with Gasteiger partial charge in [0.05, 0.1) is 44.2 Å². The molecule has 1 amide bonds. The van der Waals surface area contributed by atoms with Crippen molar-refractivity contribution in [2.24, 2.45) is 11.3 Å². The molecule has 2 N–H and O–H groups in total. The summed E-state index contributed by atoms with van der Waals surface area (Å²) in [5.41, 5.74) is -3.15. The first-order valence-corrected chi connectivity index (χ1v) is 13.7. The third-order valence-electron chi connectivity index (χ3n) is 8.83. The number of methoxy groups -OCH3 is 1. The molecule has 6 atom stereocenters. The molecule has 4 aliphatic rings. The summed E-state index contributed by atoms with van der Waals surface area (Å²) in [6.07, 6.45) is 8.05. The molecule has 6 rings (SSSR count). The van der Waals surface area contributed by atoms with Crippen molar-refractivity contribution in [3.8, 4) is 11.5 Å². The highest BCUT2D eigenvalue weighted by Gasteiger charge is 2.81. The highest BCUT2D eigenvalue weighted by molar-refractivity contribution is 9.11. The number of rotatable bonds is 4. The molecule has 1 aromatic carbocycles. The van der Waals surface area contributed by atoms with Crippen LogP contribution in [0.2, 0.25) is 0 Å². The zero-order valence-electron chi connectivity index (χ0n) is 21.3. The number of benzene rings is 1. The Kier molecular flexibility index (Phi) is 6.18. The second kappa shape index (κ2) is 9.19. The molecule has 1 saturated heterocycles. The van der Waals surface area contributed by atoms with Crippen LogP contribution in [0.25, 0.3) is 0 Å². The number of aliphatic hydroxyl groups is 2.